The standard InChI is InChI=1S/C16H14F3N3O2/c1-11(12-5-3-2-4-6-12)10-20-21-14-8-7-13(16(17,18)19)9-15(14)22(23)24/h2-11,21H,1H3/b20-10-/t11-/m1/s1. The Morgan fingerprint density at radius 1 is 1.21 bits per heavy atom. The fraction of sp³-hybridized carbons (Fsp3) is 0.188. The van der Waals surface area contributed by atoms with Gasteiger partial charge < -0.3 is 0 Å². The van der Waals surface area contributed by atoms with Crippen LogP contribution >= 0.6 is 0 Å². The fourth-order valence-corrected chi connectivity index (χ4v) is 2.01. The van der Waals surface area contributed by atoms with Crippen molar-refractivity contribution in [3.05, 3.63) is 69.8 Å². The van der Waals surface area contributed by atoms with E-state index >= 15 is 0 Å². The molecule has 0 aliphatic heterocycles. The highest BCUT2D eigenvalue weighted by molar-refractivity contribution is 5.70. The summed E-state index contributed by atoms with van der Waals surface area (Å²) in [6.07, 6.45) is -3.12. The highest BCUT2D eigenvalue weighted by Crippen LogP contribution is 2.34. The van der Waals surface area contributed by atoms with E-state index in [1.807, 2.05) is 37.3 Å². The van der Waals surface area contributed by atoms with Crippen LogP contribution < -0.4 is 5.43 Å². The molecular weight excluding hydrogens is 323 g/mol. The molecule has 0 spiro atoms. The van der Waals surface area contributed by atoms with Gasteiger partial charge in [0, 0.05) is 18.2 Å². The minimum Gasteiger partial charge on any atom is -0.272 e. The van der Waals surface area contributed by atoms with Crippen molar-refractivity contribution in [2.45, 2.75) is 19.0 Å². The molecule has 24 heavy (non-hydrogen) atoms. The largest absolute Gasteiger partial charge is 0.416 e. The summed E-state index contributed by atoms with van der Waals surface area (Å²) < 4.78 is 37.9. The van der Waals surface area contributed by atoms with Crippen molar-refractivity contribution in [3.8, 4) is 0 Å². The van der Waals surface area contributed by atoms with Crippen LogP contribution in [0.2, 0.25) is 0 Å². The van der Waals surface area contributed by atoms with E-state index in [4.69, 9.17) is 0 Å². The van der Waals surface area contributed by atoms with E-state index in [9.17, 15) is 23.3 Å². The number of hydrazone groups is 1. The number of alkyl halides is 3. The fourth-order valence-electron chi connectivity index (χ4n) is 2.01. The van der Waals surface area contributed by atoms with Gasteiger partial charge in [-0.2, -0.15) is 18.3 Å². The number of anilines is 1. The number of benzene rings is 2. The topological polar surface area (TPSA) is 67.5 Å². The summed E-state index contributed by atoms with van der Waals surface area (Å²) in [5.74, 6) is -0.0628. The van der Waals surface area contributed by atoms with Crippen LogP contribution in [0.25, 0.3) is 0 Å². The molecule has 5 nitrogen and oxygen atoms in total. The van der Waals surface area contributed by atoms with Gasteiger partial charge in [0.1, 0.15) is 5.69 Å². The Kier molecular flexibility index (Phi) is 5.18. The number of nitrogens with one attached hydrogen (secondary N) is 1. The lowest BCUT2D eigenvalue weighted by Gasteiger charge is -2.09. The van der Waals surface area contributed by atoms with Crippen LogP contribution in [0.4, 0.5) is 24.5 Å². The zero-order chi connectivity index (χ0) is 17.7. The van der Waals surface area contributed by atoms with Gasteiger partial charge in [-0.05, 0) is 17.7 Å². The molecule has 1 atom stereocenters. The first kappa shape index (κ1) is 17.5. The predicted octanol–water partition coefficient (Wildman–Crippen LogP) is 4.82. The first-order chi connectivity index (χ1) is 11.3. The number of nitro groups is 1. The molecule has 0 aliphatic rings. The Labute approximate surface area is 136 Å². The van der Waals surface area contributed by atoms with Gasteiger partial charge in [0.2, 0.25) is 0 Å². The normalized spacial score (nSPS) is 13.0. The van der Waals surface area contributed by atoms with Gasteiger partial charge in [-0.25, -0.2) is 0 Å². The lowest BCUT2D eigenvalue weighted by atomic mass is 10.0. The Morgan fingerprint density at radius 2 is 1.88 bits per heavy atom. The number of halogens is 3. The molecule has 0 aromatic heterocycles. The second-order valence-corrected chi connectivity index (χ2v) is 5.08. The van der Waals surface area contributed by atoms with Crippen LogP contribution in [-0.4, -0.2) is 11.1 Å². The summed E-state index contributed by atoms with van der Waals surface area (Å²) in [5.41, 5.74) is 1.55. The van der Waals surface area contributed by atoms with E-state index in [1.54, 1.807) is 0 Å². The molecular formula is C16H14F3N3O2. The van der Waals surface area contributed by atoms with Gasteiger partial charge in [0.15, 0.2) is 0 Å². The zero-order valence-corrected chi connectivity index (χ0v) is 12.6. The molecule has 0 radical (unpaired) electrons. The third kappa shape index (κ3) is 4.31. The predicted molar refractivity (Wildman–Crippen MR) is 85.1 cm³/mol. The zero-order valence-electron chi connectivity index (χ0n) is 12.6. The maximum atomic E-state index is 12.6. The van der Waals surface area contributed by atoms with Crippen LogP contribution in [-0.2, 0) is 6.18 Å². The Bertz CT molecular complexity index is 746. The van der Waals surface area contributed by atoms with Crippen molar-refractivity contribution in [2.24, 2.45) is 5.10 Å². The van der Waals surface area contributed by atoms with Crippen molar-refractivity contribution >= 4 is 17.6 Å². The second-order valence-electron chi connectivity index (χ2n) is 5.08. The van der Waals surface area contributed by atoms with Crippen LogP contribution in [0, 0.1) is 10.1 Å². The molecule has 0 saturated heterocycles. The quantitative estimate of drug-likeness (QED) is 0.483. The van der Waals surface area contributed by atoms with Gasteiger partial charge in [-0.3, -0.25) is 15.5 Å². The summed E-state index contributed by atoms with van der Waals surface area (Å²) in [5, 5.41) is 14.9. The minimum atomic E-state index is -4.64. The maximum absolute atomic E-state index is 12.6. The second kappa shape index (κ2) is 7.12. The Balaban J connectivity index is 2.17. The third-order valence-electron chi connectivity index (χ3n) is 3.33. The van der Waals surface area contributed by atoms with E-state index in [-0.39, 0.29) is 11.6 Å². The SMILES string of the molecule is C[C@H](/C=N\Nc1ccc(C(F)(F)F)cc1[N+](=O)[O-])c1ccccc1. The number of rotatable bonds is 5. The lowest BCUT2D eigenvalue weighted by Crippen LogP contribution is -2.07. The highest BCUT2D eigenvalue weighted by Gasteiger charge is 2.33. The average Bonchev–Trinajstić information content (AvgIpc) is 2.54. The van der Waals surface area contributed by atoms with Crippen molar-refractivity contribution < 1.29 is 18.1 Å². The van der Waals surface area contributed by atoms with Gasteiger partial charge in [-0.1, -0.05) is 37.3 Å². The molecule has 0 amide bonds. The molecule has 126 valence electrons. The highest BCUT2D eigenvalue weighted by atomic mass is 19.4. The van der Waals surface area contributed by atoms with Crippen molar-refractivity contribution in [1.82, 2.24) is 0 Å². The molecule has 8 heteroatoms. The first-order valence-corrected chi connectivity index (χ1v) is 6.99. The summed E-state index contributed by atoms with van der Waals surface area (Å²) in [4.78, 5) is 10.1. The molecule has 0 heterocycles. The van der Waals surface area contributed by atoms with E-state index in [2.05, 4.69) is 10.5 Å². The minimum absolute atomic E-state index is 0.0628. The lowest BCUT2D eigenvalue weighted by molar-refractivity contribution is -0.384. The summed E-state index contributed by atoms with van der Waals surface area (Å²) >= 11 is 0. The Hall–Kier alpha value is -2.90. The van der Waals surface area contributed by atoms with Crippen molar-refractivity contribution in [3.63, 3.8) is 0 Å². The molecule has 2 aromatic rings. The van der Waals surface area contributed by atoms with Gasteiger partial charge in [0.05, 0.1) is 10.5 Å². The van der Waals surface area contributed by atoms with E-state index < -0.39 is 22.4 Å². The number of hydrogen-bond acceptors (Lipinski definition) is 4. The number of hydrogen-bond donors (Lipinski definition) is 1. The summed E-state index contributed by atoms with van der Waals surface area (Å²) in [6, 6.07) is 11.7. The number of nitro benzene ring substituents is 1. The van der Waals surface area contributed by atoms with Gasteiger partial charge in [0.25, 0.3) is 5.69 Å². The van der Waals surface area contributed by atoms with E-state index in [0.717, 1.165) is 17.7 Å². The first-order valence-electron chi connectivity index (χ1n) is 6.99. The monoisotopic (exact) mass is 337 g/mol. The Morgan fingerprint density at radius 3 is 2.46 bits per heavy atom. The van der Waals surface area contributed by atoms with Crippen LogP contribution in [0.15, 0.2) is 53.6 Å². The van der Waals surface area contributed by atoms with Gasteiger partial charge in [-0.15, -0.1) is 0 Å². The molecule has 0 aliphatic carbocycles. The molecule has 0 saturated carbocycles. The smallest absolute Gasteiger partial charge is 0.272 e. The summed E-state index contributed by atoms with van der Waals surface area (Å²) in [7, 11) is 0. The molecule has 2 aromatic carbocycles. The van der Waals surface area contributed by atoms with Crippen molar-refractivity contribution in [2.75, 3.05) is 5.43 Å². The van der Waals surface area contributed by atoms with E-state index in [1.165, 1.54) is 6.21 Å². The van der Waals surface area contributed by atoms with Gasteiger partial charge >= 0.3 is 6.18 Å². The molecule has 0 unspecified atom stereocenters. The summed E-state index contributed by atoms with van der Waals surface area (Å²) in [6.45, 7) is 1.88. The van der Waals surface area contributed by atoms with Crippen LogP contribution in [0.5, 0.6) is 0 Å². The molecule has 0 fully saturated rings. The van der Waals surface area contributed by atoms with Crippen molar-refractivity contribution in [1.29, 1.82) is 0 Å². The number of nitrogens with zero attached hydrogens (tertiary/aromatic N) is 2. The average molecular weight is 337 g/mol. The maximum Gasteiger partial charge on any atom is 0.416 e. The molecule has 0 bridgehead atoms. The third-order valence-corrected chi connectivity index (χ3v) is 3.33. The van der Waals surface area contributed by atoms with Crippen LogP contribution in [0.3, 0.4) is 0 Å². The molecule has 1 N–H and O–H groups in total. The van der Waals surface area contributed by atoms with Crippen LogP contribution in [0.1, 0.15) is 24.0 Å². The molecule has 2 rings (SSSR count). The van der Waals surface area contributed by atoms with E-state index in [0.29, 0.717) is 6.07 Å².